The van der Waals surface area contributed by atoms with Gasteiger partial charge in [0.25, 0.3) is 0 Å². The summed E-state index contributed by atoms with van der Waals surface area (Å²) in [5.41, 5.74) is 1.32. The number of benzene rings is 1. The maximum absolute atomic E-state index is 10.4. The zero-order chi connectivity index (χ0) is 13.1. The van der Waals surface area contributed by atoms with Crippen molar-refractivity contribution in [3.05, 3.63) is 35.9 Å². The molecule has 3 heteroatoms. The Hall–Kier alpha value is -0.0503. The van der Waals surface area contributed by atoms with E-state index in [0.29, 0.717) is 0 Å². The number of rotatable bonds is 5. The second kappa shape index (κ2) is 13.4. The van der Waals surface area contributed by atoms with Gasteiger partial charge < -0.3 is 5.11 Å². The van der Waals surface area contributed by atoms with Crippen molar-refractivity contribution in [2.24, 2.45) is 5.92 Å². The monoisotopic (exact) mass is 278 g/mol. The first kappa shape index (κ1) is 20.3. The minimum atomic E-state index is -0.643. The van der Waals surface area contributed by atoms with Crippen LogP contribution in [0.4, 0.5) is 0 Å². The van der Waals surface area contributed by atoms with Crippen LogP contribution in [0.5, 0.6) is 0 Å². The number of unbranched alkanes of at least 4 members (excludes halogenated alkanes) is 1. The molecule has 0 aliphatic carbocycles. The molecule has 1 aromatic carbocycles. The SMILES string of the molecule is CCCCC(CC)C(=O)O.Cc1ccccc1.[CaH2]. The van der Waals surface area contributed by atoms with Crippen molar-refractivity contribution in [3.63, 3.8) is 0 Å². The Morgan fingerprint density at radius 1 is 1.22 bits per heavy atom. The number of carbonyl (C=O) groups is 1. The summed E-state index contributed by atoms with van der Waals surface area (Å²) in [6, 6.07) is 10.3. The van der Waals surface area contributed by atoms with Gasteiger partial charge >= 0.3 is 43.7 Å². The van der Waals surface area contributed by atoms with Gasteiger partial charge in [-0.1, -0.05) is 62.6 Å². The summed E-state index contributed by atoms with van der Waals surface area (Å²) >= 11 is 0. The summed E-state index contributed by atoms with van der Waals surface area (Å²) in [5.74, 6) is -0.754. The van der Waals surface area contributed by atoms with Crippen molar-refractivity contribution in [2.75, 3.05) is 0 Å². The Morgan fingerprint density at radius 3 is 2.06 bits per heavy atom. The van der Waals surface area contributed by atoms with E-state index in [0.717, 1.165) is 25.7 Å². The van der Waals surface area contributed by atoms with Crippen molar-refractivity contribution in [2.45, 2.75) is 46.5 Å². The average molecular weight is 278 g/mol. The van der Waals surface area contributed by atoms with Crippen LogP contribution in [-0.4, -0.2) is 48.8 Å². The Kier molecular flexibility index (Phi) is 15.1. The van der Waals surface area contributed by atoms with E-state index in [2.05, 4.69) is 26.0 Å². The van der Waals surface area contributed by atoms with Gasteiger partial charge in [0.05, 0.1) is 5.92 Å². The molecule has 1 rings (SSSR count). The number of aliphatic carboxylic acids is 1. The number of hydrogen-bond donors (Lipinski definition) is 1. The second-order valence-corrected chi connectivity index (χ2v) is 4.24. The van der Waals surface area contributed by atoms with Crippen LogP contribution < -0.4 is 0 Å². The molecule has 0 spiro atoms. The fourth-order valence-electron chi connectivity index (χ4n) is 1.49. The van der Waals surface area contributed by atoms with E-state index in [1.54, 1.807) is 0 Å². The third-order valence-corrected chi connectivity index (χ3v) is 2.69. The van der Waals surface area contributed by atoms with Crippen LogP contribution in [0.15, 0.2) is 30.3 Å². The van der Waals surface area contributed by atoms with Gasteiger partial charge in [0, 0.05) is 0 Å². The molecule has 0 saturated heterocycles. The molecule has 2 nitrogen and oxygen atoms in total. The fourth-order valence-corrected chi connectivity index (χ4v) is 1.49. The number of hydrogen-bond acceptors (Lipinski definition) is 1. The van der Waals surface area contributed by atoms with Gasteiger partial charge in [0.1, 0.15) is 0 Å². The van der Waals surface area contributed by atoms with Crippen LogP contribution in [0.1, 0.15) is 45.1 Å². The zero-order valence-electron chi connectivity index (χ0n) is 11.1. The fraction of sp³-hybridized carbons (Fsp3) is 0.533. The van der Waals surface area contributed by atoms with Gasteiger partial charge in [-0.25, -0.2) is 0 Å². The number of carboxylic acid groups (broad SMARTS) is 1. The average Bonchev–Trinajstić information content (AvgIpc) is 2.31. The summed E-state index contributed by atoms with van der Waals surface area (Å²) in [5, 5.41) is 8.60. The molecule has 0 fully saturated rings. The molecule has 1 aromatic rings. The standard InChI is InChI=1S/C8H16O2.C7H8.Ca.2H/c1-3-5-6-7(4-2)8(9)10;1-7-5-3-2-4-6-7;;;/h7H,3-6H2,1-2H3,(H,9,10);2-6H,1H3;;;. The van der Waals surface area contributed by atoms with E-state index in [1.807, 2.05) is 25.1 Å². The van der Waals surface area contributed by atoms with E-state index in [4.69, 9.17) is 5.11 Å². The van der Waals surface area contributed by atoms with Crippen LogP contribution in [0.2, 0.25) is 0 Å². The molecule has 0 amide bonds. The van der Waals surface area contributed by atoms with Crippen LogP contribution in [0, 0.1) is 12.8 Å². The van der Waals surface area contributed by atoms with Crippen molar-refractivity contribution >= 4 is 43.7 Å². The molecule has 0 heterocycles. The van der Waals surface area contributed by atoms with Crippen molar-refractivity contribution < 1.29 is 9.90 Å². The minimum absolute atomic E-state index is 0. The van der Waals surface area contributed by atoms with Gasteiger partial charge in [-0.2, -0.15) is 0 Å². The molecule has 18 heavy (non-hydrogen) atoms. The molecule has 1 atom stereocenters. The topological polar surface area (TPSA) is 37.3 Å². The molecule has 0 aliphatic heterocycles. The first-order chi connectivity index (χ1) is 8.11. The van der Waals surface area contributed by atoms with Crippen molar-refractivity contribution in [1.82, 2.24) is 0 Å². The molecule has 0 aliphatic rings. The van der Waals surface area contributed by atoms with E-state index in [9.17, 15) is 4.79 Å². The van der Waals surface area contributed by atoms with E-state index >= 15 is 0 Å². The third-order valence-electron chi connectivity index (χ3n) is 2.69. The van der Waals surface area contributed by atoms with Gasteiger partial charge in [0.2, 0.25) is 0 Å². The molecular weight excluding hydrogens is 252 g/mol. The molecule has 0 radical (unpaired) electrons. The normalized spacial score (nSPS) is 10.6. The number of aryl methyl sites for hydroxylation is 1. The molecular formula is C15H26CaO2. The summed E-state index contributed by atoms with van der Waals surface area (Å²) in [6.45, 7) is 6.09. The van der Waals surface area contributed by atoms with Crippen LogP contribution in [0.25, 0.3) is 0 Å². The summed E-state index contributed by atoms with van der Waals surface area (Å²) < 4.78 is 0. The van der Waals surface area contributed by atoms with Crippen LogP contribution >= 0.6 is 0 Å². The summed E-state index contributed by atoms with van der Waals surface area (Å²) in [7, 11) is 0. The maximum atomic E-state index is 10.4. The van der Waals surface area contributed by atoms with Gasteiger partial charge in [0.15, 0.2) is 0 Å². The molecule has 0 saturated carbocycles. The molecule has 0 bridgehead atoms. The van der Waals surface area contributed by atoms with E-state index in [-0.39, 0.29) is 43.7 Å². The first-order valence-electron chi connectivity index (χ1n) is 6.36. The quantitative estimate of drug-likeness (QED) is 0.839. The Balaban J connectivity index is 0. The van der Waals surface area contributed by atoms with Crippen LogP contribution in [-0.2, 0) is 4.79 Å². The van der Waals surface area contributed by atoms with E-state index in [1.165, 1.54) is 5.56 Å². The molecule has 100 valence electrons. The van der Waals surface area contributed by atoms with Gasteiger partial charge in [-0.05, 0) is 19.8 Å². The van der Waals surface area contributed by atoms with Crippen molar-refractivity contribution in [3.8, 4) is 0 Å². The van der Waals surface area contributed by atoms with Crippen molar-refractivity contribution in [1.29, 1.82) is 0 Å². The summed E-state index contributed by atoms with van der Waals surface area (Å²) in [6.07, 6.45) is 3.71. The molecule has 1 unspecified atom stereocenters. The first-order valence-corrected chi connectivity index (χ1v) is 6.36. The zero-order valence-corrected chi connectivity index (χ0v) is 11.1. The second-order valence-electron chi connectivity index (χ2n) is 4.24. The van der Waals surface area contributed by atoms with Gasteiger partial charge in [-0.15, -0.1) is 0 Å². The molecule has 0 aromatic heterocycles. The van der Waals surface area contributed by atoms with Crippen LogP contribution in [0.3, 0.4) is 0 Å². The summed E-state index contributed by atoms with van der Waals surface area (Å²) in [4.78, 5) is 10.4. The predicted molar refractivity (Wildman–Crippen MR) is 80.7 cm³/mol. The Labute approximate surface area is 141 Å². The Morgan fingerprint density at radius 2 is 1.78 bits per heavy atom. The Bertz CT molecular complexity index is 299. The van der Waals surface area contributed by atoms with Gasteiger partial charge in [-0.3, -0.25) is 4.79 Å². The molecule has 1 N–H and O–H groups in total. The van der Waals surface area contributed by atoms with E-state index < -0.39 is 5.97 Å². The number of carboxylic acids is 1. The predicted octanol–water partition coefficient (Wildman–Crippen LogP) is 3.37. The third kappa shape index (κ3) is 11.1.